The van der Waals surface area contributed by atoms with Gasteiger partial charge in [-0.1, -0.05) is 11.2 Å². The van der Waals surface area contributed by atoms with Crippen molar-refractivity contribution < 1.29 is 26.2 Å². The molecule has 0 saturated heterocycles. The number of sulfonamides is 1. The van der Waals surface area contributed by atoms with Crippen LogP contribution in [-0.4, -0.2) is 30.3 Å². The predicted octanol–water partition coefficient (Wildman–Crippen LogP) is 1.56. The van der Waals surface area contributed by atoms with Crippen LogP contribution in [0.25, 0.3) is 0 Å². The molecule has 0 aliphatic rings. The van der Waals surface area contributed by atoms with Crippen LogP contribution < -0.4 is 10.5 Å². The monoisotopic (exact) mass is 377 g/mol. The highest BCUT2D eigenvalue weighted by atomic mass is 32.2. The number of nitrogens with one attached hydrogen (secondary N) is 1. The smallest absolute Gasteiger partial charge is 0.382 e. The van der Waals surface area contributed by atoms with E-state index in [4.69, 9.17) is 5.73 Å². The zero-order valence-corrected chi connectivity index (χ0v) is 13.7. The van der Waals surface area contributed by atoms with Gasteiger partial charge in [0.25, 0.3) is 0 Å². The molecule has 12 heteroatoms. The van der Waals surface area contributed by atoms with Crippen LogP contribution in [-0.2, 0) is 22.7 Å². The van der Waals surface area contributed by atoms with Gasteiger partial charge < -0.3 is 5.73 Å². The number of alkyl halides is 3. The van der Waals surface area contributed by atoms with Crippen molar-refractivity contribution in [2.24, 2.45) is 10.7 Å². The Kier molecular flexibility index (Phi) is 5.42. The summed E-state index contributed by atoms with van der Waals surface area (Å²) in [6, 6.07) is 4.24. The second-order valence-electron chi connectivity index (χ2n) is 4.83. The van der Waals surface area contributed by atoms with Gasteiger partial charge in [-0.25, -0.2) is 22.8 Å². The lowest BCUT2D eigenvalue weighted by Gasteiger charge is -2.07. The highest BCUT2D eigenvalue weighted by Gasteiger charge is 2.30. The summed E-state index contributed by atoms with van der Waals surface area (Å²) < 4.78 is 67.8. The normalized spacial score (nSPS) is 13.2. The Hall–Kier alpha value is -2.47. The van der Waals surface area contributed by atoms with Gasteiger partial charge in [-0.3, -0.25) is 0 Å². The minimum Gasteiger partial charge on any atom is -0.382 e. The Labute approximate surface area is 140 Å². The van der Waals surface area contributed by atoms with Gasteiger partial charge in [0, 0.05) is 0 Å². The Morgan fingerprint density at radius 1 is 1.36 bits per heavy atom. The molecule has 3 N–H and O–H groups in total. The summed E-state index contributed by atoms with van der Waals surface area (Å²) in [6.45, 7) is 1.21. The van der Waals surface area contributed by atoms with Crippen LogP contribution in [0.1, 0.15) is 23.9 Å². The van der Waals surface area contributed by atoms with Gasteiger partial charge in [0.05, 0.1) is 23.5 Å². The summed E-state index contributed by atoms with van der Waals surface area (Å²) in [5.41, 5.74) is 4.81. The lowest BCUT2D eigenvalue weighted by atomic mass is 10.2. The van der Waals surface area contributed by atoms with E-state index in [1.54, 1.807) is 0 Å². The second-order valence-corrected chi connectivity index (χ2v) is 6.92. The highest BCUT2D eigenvalue weighted by molar-refractivity contribution is 7.89. The Morgan fingerprint density at radius 3 is 2.72 bits per heavy atom. The topological polar surface area (TPSA) is 123 Å². The number of aromatic nitrogens is 2. The molecule has 8 nitrogen and oxygen atoms in total. The summed E-state index contributed by atoms with van der Waals surface area (Å²) in [5.74, 6) is -0.396. The van der Waals surface area contributed by atoms with Gasteiger partial charge in [-0.15, -0.1) is 0 Å². The largest absolute Gasteiger partial charge is 0.416 e. The van der Waals surface area contributed by atoms with Crippen LogP contribution in [0.5, 0.6) is 0 Å². The molecule has 0 aliphatic carbocycles. The molecule has 0 radical (unpaired) electrons. The third kappa shape index (κ3) is 5.00. The zero-order chi connectivity index (χ0) is 18.7. The molecule has 25 heavy (non-hydrogen) atoms. The van der Waals surface area contributed by atoms with Crippen LogP contribution in [0.4, 0.5) is 18.9 Å². The second kappa shape index (κ2) is 7.19. The van der Waals surface area contributed by atoms with Crippen molar-refractivity contribution in [2.75, 3.05) is 5.75 Å². The number of benzene rings is 1. The molecule has 1 aromatic heterocycles. The van der Waals surface area contributed by atoms with Crippen LogP contribution >= 0.6 is 0 Å². The van der Waals surface area contributed by atoms with Crippen molar-refractivity contribution in [1.82, 2.24) is 15.0 Å². The van der Waals surface area contributed by atoms with Crippen molar-refractivity contribution in [1.29, 1.82) is 0 Å². The molecule has 2 aromatic rings. The summed E-state index contributed by atoms with van der Waals surface area (Å²) in [7, 11) is -3.48. The fourth-order valence-corrected chi connectivity index (χ4v) is 2.30. The van der Waals surface area contributed by atoms with Crippen LogP contribution in [0, 0.1) is 0 Å². The molecular weight excluding hydrogens is 363 g/mol. The van der Waals surface area contributed by atoms with E-state index in [1.807, 2.05) is 0 Å². The van der Waals surface area contributed by atoms with E-state index in [2.05, 4.69) is 24.7 Å². The number of nitrogens with zero attached hydrogens (tertiary/aromatic N) is 3. The van der Waals surface area contributed by atoms with E-state index in [1.165, 1.54) is 19.1 Å². The molecular formula is C13H14F3N5O3S. The molecule has 0 spiro atoms. The number of rotatable bonds is 6. The Morgan fingerprint density at radius 2 is 2.08 bits per heavy atom. The molecule has 0 unspecified atom stereocenters. The molecule has 0 atom stereocenters. The third-order valence-electron chi connectivity index (χ3n) is 3.06. The van der Waals surface area contributed by atoms with E-state index >= 15 is 0 Å². The van der Waals surface area contributed by atoms with Gasteiger partial charge in [0.15, 0.2) is 11.5 Å². The van der Waals surface area contributed by atoms with E-state index in [-0.39, 0.29) is 35.2 Å². The fraction of sp³-hybridized carbons (Fsp3) is 0.308. The first kappa shape index (κ1) is 18.9. The lowest BCUT2D eigenvalue weighted by Crippen LogP contribution is -2.26. The average Bonchev–Trinajstić information content (AvgIpc) is 3.01. The number of aliphatic imine (C=N–C) groups is 1. The maximum Gasteiger partial charge on any atom is 0.416 e. The first-order valence-electron chi connectivity index (χ1n) is 6.93. The van der Waals surface area contributed by atoms with E-state index in [0.717, 1.165) is 12.1 Å². The molecule has 0 aliphatic heterocycles. The molecule has 0 amide bonds. The van der Waals surface area contributed by atoms with Crippen molar-refractivity contribution in [3.63, 3.8) is 0 Å². The third-order valence-corrected chi connectivity index (χ3v) is 4.41. The molecule has 136 valence electrons. The minimum absolute atomic E-state index is 0.0459. The molecule has 1 aromatic carbocycles. The molecule has 2 rings (SSSR count). The number of halogens is 3. The van der Waals surface area contributed by atoms with Gasteiger partial charge in [-0.2, -0.15) is 13.2 Å². The first-order chi connectivity index (χ1) is 11.6. The van der Waals surface area contributed by atoms with Crippen molar-refractivity contribution >= 4 is 21.5 Å². The van der Waals surface area contributed by atoms with E-state index in [0.29, 0.717) is 0 Å². The minimum atomic E-state index is -4.51. The number of hydrogen-bond donors (Lipinski definition) is 2. The molecule has 0 fully saturated rings. The Balaban J connectivity index is 2.26. The SMILES string of the molecule is CCS(=O)(=O)NCc1nonc1C(N)=Nc1cccc(C(F)(F)F)c1. The van der Waals surface area contributed by atoms with Crippen LogP contribution in [0.3, 0.4) is 0 Å². The first-order valence-corrected chi connectivity index (χ1v) is 8.58. The van der Waals surface area contributed by atoms with Crippen molar-refractivity contribution in [3.05, 3.63) is 41.2 Å². The fourth-order valence-electron chi connectivity index (χ4n) is 1.74. The zero-order valence-electron chi connectivity index (χ0n) is 12.9. The quantitative estimate of drug-likeness (QED) is 0.582. The van der Waals surface area contributed by atoms with Gasteiger partial charge in [-0.05, 0) is 30.3 Å². The standard InChI is InChI=1S/C13H14F3N5O3S/c1-2-25(22,23)18-7-10-11(21-24-20-10)12(17)19-9-5-3-4-8(6-9)13(14,15)16/h3-6,18H,2,7H2,1H3,(H2,17,19). The van der Waals surface area contributed by atoms with Crippen LogP contribution in [0.2, 0.25) is 0 Å². The number of amidine groups is 1. The van der Waals surface area contributed by atoms with E-state index in [9.17, 15) is 21.6 Å². The summed E-state index contributed by atoms with van der Waals surface area (Å²) in [4.78, 5) is 3.86. The number of nitrogens with two attached hydrogens (primary N) is 1. The molecule has 1 heterocycles. The summed E-state index contributed by atoms with van der Waals surface area (Å²) >= 11 is 0. The van der Waals surface area contributed by atoms with Gasteiger partial charge >= 0.3 is 6.18 Å². The molecule has 0 bridgehead atoms. The highest BCUT2D eigenvalue weighted by Crippen LogP contribution is 2.31. The molecule has 0 saturated carbocycles. The summed E-state index contributed by atoms with van der Waals surface area (Å²) in [6.07, 6.45) is -4.51. The predicted molar refractivity (Wildman–Crippen MR) is 82.4 cm³/mol. The lowest BCUT2D eigenvalue weighted by molar-refractivity contribution is -0.137. The van der Waals surface area contributed by atoms with E-state index < -0.39 is 21.8 Å². The maximum absolute atomic E-state index is 12.7. The van der Waals surface area contributed by atoms with Gasteiger partial charge in [0.1, 0.15) is 5.69 Å². The van der Waals surface area contributed by atoms with Gasteiger partial charge in [0.2, 0.25) is 10.0 Å². The Bertz CT molecular complexity index is 877. The van der Waals surface area contributed by atoms with Crippen LogP contribution in [0.15, 0.2) is 33.9 Å². The summed E-state index contributed by atoms with van der Waals surface area (Å²) in [5, 5.41) is 7.03. The van der Waals surface area contributed by atoms with Crippen molar-refractivity contribution in [2.45, 2.75) is 19.6 Å². The number of hydrogen-bond acceptors (Lipinski definition) is 6. The average molecular weight is 377 g/mol. The maximum atomic E-state index is 12.7. The van der Waals surface area contributed by atoms with Crippen molar-refractivity contribution in [3.8, 4) is 0 Å².